The van der Waals surface area contributed by atoms with Crippen LogP contribution in [0.5, 0.6) is 5.75 Å². The number of benzene rings is 1. The second kappa shape index (κ2) is 6.67. The van der Waals surface area contributed by atoms with E-state index in [2.05, 4.69) is 12.4 Å². The molecule has 2 N–H and O–H groups in total. The van der Waals surface area contributed by atoms with E-state index in [1.807, 2.05) is 4.90 Å². The second-order valence-electron chi connectivity index (χ2n) is 4.93. The molecule has 1 aliphatic rings. The summed E-state index contributed by atoms with van der Waals surface area (Å²) in [5, 5.41) is 2.82. The van der Waals surface area contributed by atoms with Crippen LogP contribution in [-0.2, 0) is 4.79 Å². The molecule has 20 heavy (non-hydrogen) atoms. The van der Waals surface area contributed by atoms with Crippen LogP contribution in [0.25, 0.3) is 0 Å². The van der Waals surface area contributed by atoms with Crippen LogP contribution >= 0.6 is 12.2 Å². The number of quaternary nitrogens is 1. The quantitative estimate of drug-likeness (QED) is 0.741. The van der Waals surface area contributed by atoms with Crippen LogP contribution in [0.3, 0.4) is 0 Å². The molecular weight excluding hydrogens is 274 g/mol. The molecule has 1 aromatic rings. The van der Waals surface area contributed by atoms with E-state index >= 15 is 0 Å². The van der Waals surface area contributed by atoms with E-state index in [1.165, 1.54) is 4.90 Å². The maximum absolute atomic E-state index is 12.1. The number of nitrogens with zero attached hydrogens (tertiary/aromatic N) is 1. The number of likely N-dealkylation sites (N-methyl/N-ethyl adjacent to an activating group) is 1. The van der Waals surface area contributed by atoms with Gasteiger partial charge in [0.2, 0.25) is 0 Å². The Hall–Kier alpha value is -1.66. The van der Waals surface area contributed by atoms with Gasteiger partial charge in [0.05, 0.1) is 40.3 Å². The number of methoxy groups -OCH3 is 1. The van der Waals surface area contributed by atoms with Crippen molar-refractivity contribution < 1.29 is 14.4 Å². The predicted molar refractivity (Wildman–Crippen MR) is 82.4 cm³/mol. The summed E-state index contributed by atoms with van der Waals surface area (Å²) in [6, 6.07) is 7.21. The van der Waals surface area contributed by atoms with Crippen LogP contribution in [0, 0.1) is 0 Å². The van der Waals surface area contributed by atoms with Gasteiger partial charge in [-0.25, -0.2) is 0 Å². The van der Waals surface area contributed by atoms with Crippen LogP contribution in [0.4, 0.5) is 5.69 Å². The largest absolute Gasteiger partial charge is 0.497 e. The fraction of sp³-hybridized carbons (Fsp3) is 0.429. The first-order chi connectivity index (χ1) is 9.60. The Balaban J connectivity index is 1.91. The molecule has 0 atom stereocenters. The molecule has 6 heteroatoms. The number of thiocarbonyl (C=S) groups is 1. The number of carbonyl (C=O) groups excluding carboxylic acids is 1. The lowest BCUT2D eigenvalue weighted by Crippen LogP contribution is -3.12. The third kappa shape index (κ3) is 3.68. The standard InChI is InChI=1S/C14H19N3O2S/c1-16-7-9-17(10-8-16)14(20)13(18)15-11-3-5-12(19-2)6-4-11/h3-6H,7-10H2,1-2H3,(H,15,18)/p+1. The van der Waals surface area contributed by atoms with Gasteiger partial charge in [-0.2, -0.15) is 0 Å². The molecule has 0 aromatic heterocycles. The summed E-state index contributed by atoms with van der Waals surface area (Å²) in [5.74, 6) is 0.539. The number of ether oxygens (including phenoxy) is 1. The summed E-state index contributed by atoms with van der Waals surface area (Å²) < 4.78 is 5.08. The Morgan fingerprint density at radius 3 is 2.45 bits per heavy atom. The molecule has 1 saturated heterocycles. The predicted octanol–water partition coefficient (Wildman–Crippen LogP) is -0.209. The van der Waals surface area contributed by atoms with E-state index in [0.717, 1.165) is 37.6 Å². The number of anilines is 1. The Morgan fingerprint density at radius 2 is 1.90 bits per heavy atom. The monoisotopic (exact) mass is 294 g/mol. The number of hydrogen-bond donors (Lipinski definition) is 2. The Morgan fingerprint density at radius 1 is 1.30 bits per heavy atom. The summed E-state index contributed by atoms with van der Waals surface area (Å²) in [6.07, 6.45) is 0. The van der Waals surface area contributed by atoms with E-state index in [9.17, 15) is 4.79 Å². The molecular formula is C14H20N3O2S+. The first-order valence-electron chi connectivity index (χ1n) is 6.66. The molecule has 0 aliphatic carbocycles. The average Bonchev–Trinajstić information content (AvgIpc) is 2.48. The van der Waals surface area contributed by atoms with Crippen molar-refractivity contribution in [2.75, 3.05) is 45.7 Å². The lowest BCUT2D eigenvalue weighted by molar-refractivity contribution is -0.883. The lowest BCUT2D eigenvalue weighted by Gasteiger charge is -2.31. The highest BCUT2D eigenvalue weighted by molar-refractivity contribution is 7.82. The minimum atomic E-state index is -0.218. The second-order valence-corrected chi connectivity index (χ2v) is 5.32. The molecule has 1 fully saturated rings. The molecule has 0 unspecified atom stereocenters. The molecule has 5 nitrogen and oxygen atoms in total. The van der Waals surface area contributed by atoms with Crippen LogP contribution in [-0.4, -0.2) is 56.1 Å². The normalized spacial score (nSPS) is 15.8. The molecule has 1 heterocycles. The maximum atomic E-state index is 12.1. The first-order valence-corrected chi connectivity index (χ1v) is 7.06. The molecule has 0 radical (unpaired) electrons. The van der Waals surface area contributed by atoms with Gasteiger partial charge in [0.1, 0.15) is 5.75 Å². The minimum absolute atomic E-state index is 0.218. The maximum Gasteiger partial charge on any atom is 0.283 e. The molecule has 1 aromatic carbocycles. The van der Waals surface area contributed by atoms with Crippen molar-refractivity contribution >= 4 is 28.8 Å². The number of hydrogen-bond acceptors (Lipinski definition) is 3. The van der Waals surface area contributed by atoms with E-state index in [1.54, 1.807) is 31.4 Å². The van der Waals surface area contributed by atoms with Gasteiger partial charge in [-0.05, 0) is 24.3 Å². The molecule has 2 rings (SSSR count). The fourth-order valence-electron chi connectivity index (χ4n) is 2.09. The number of rotatable bonds is 2. The van der Waals surface area contributed by atoms with Gasteiger partial charge in [0.15, 0.2) is 4.99 Å². The number of carbonyl (C=O) groups is 1. The third-order valence-corrected chi connectivity index (χ3v) is 3.89. The van der Waals surface area contributed by atoms with Crippen LogP contribution in [0.2, 0.25) is 0 Å². The Kier molecular flexibility index (Phi) is 4.92. The van der Waals surface area contributed by atoms with Crippen molar-refractivity contribution in [3.05, 3.63) is 24.3 Å². The third-order valence-electron chi connectivity index (χ3n) is 3.45. The summed E-state index contributed by atoms with van der Waals surface area (Å²) in [6.45, 7) is 3.69. The highest BCUT2D eigenvalue weighted by Crippen LogP contribution is 2.15. The van der Waals surface area contributed by atoms with Crippen molar-refractivity contribution in [1.29, 1.82) is 0 Å². The van der Waals surface area contributed by atoms with E-state index in [4.69, 9.17) is 17.0 Å². The topological polar surface area (TPSA) is 46.0 Å². The van der Waals surface area contributed by atoms with Crippen molar-refractivity contribution in [3.8, 4) is 5.75 Å². The summed E-state index contributed by atoms with van der Waals surface area (Å²) in [7, 11) is 3.76. The van der Waals surface area contributed by atoms with Gasteiger partial charge < -0.3 is 19.9 Å². The zero-order valence-corrected chi connectivity index (χ0v) is 12.6. The summed E-state index contributed by atoms with van der Waals surface area (Å²) >= 11 is 5.26. The van der Waals surface area contributed by atoms with E-state index in [-0.39, 0.29) is 5.91 Å². The first kappa shape index (κ1) is 14.7. The fourth-order valence-corrected chi connectivity index (χ4v) is 2.33. The van der Waals surface area contributed by atoms with Crippen molar-refractivity contribution in [1.82, 2.24) is 4.90 Å². The highest BCUT2D eigenvalue weighted by Gasteiger charge is 2.23. The van der Waals surface area contributed by atoms with Crippen LogP contribution < -0.4 is 15.0 Å². The SMILES string of the molecule is COc1ccc(NC(=O)C(=S)N2CC[NH+](C)CC2)cc1. The highest BCUT2D eigenvalue weighted by atomic mass is 32.1. The Labute approximate surface area is 124 Å². The molecule has 0 bridgehead atoms. The molecule has 1 aliphatic heterocycles. The van der Waals surface area contributed by atoms with Gasteiger partial charge in [0, 0.05) is 5.69 Å². The van der Waals surface area contributed by atoms with Crippen LogP contribution in [0.15, 0.2) is 24.3 Å². The van der Waals surface area contributed by atoms with Gasteiger partial charge in [-0.3, -0.25) is 4.79 Å². The summed E-state index contributed by atoms with van der Waals surface area (Å²) in [4.78, 5) is 15.9. The minimum Gasteiger partial charge on any atom is -0.497 e. The van der Waals surface area contributed by atoms with Gasteiger partial charge in [0.25, 0.3) is 5.91 Å². The zero-order chi connectivity index (χ0) is 14.5. The smallest absolute Gasteiger partial charge is 0.283 e. The van der Waals surface area contributed by atoms with Gasteiger partial charge in [-0.15, -0.1) is 0 Å². The number of nitrogens with one attached hydrogen (secondary N) is 2. The number of piperazine rings is 1. The van der Waals surface area contributed by atoms with E-state index in [0.29, 0.717) is 4.99 Å². The number of amides is 1. The Bertz CT molecular complexity index is 482. The van der Waals surface area contributed by atoms with Crippen molar-refractivity contribution in [2.24, 2.45) is 0 Å². The van der Waals surface area contributed by atoms with Crippen LogP contribution in [0.1, 0.15) is 0 Å². The molecule has 0 spiro atoms. The van der Waals surface area contributed by atoms with Gasteiger partial charge in [-0.1, -0.05) is 12.2 Å². The summed E-state index contributed by atoms with van der Waals surface area (Å²) in [5.41, 5.74) is 0.720. The average molecular weight is 294 g/mol. The molecule has 1 amide bonds. The van der Waals surface area contributed by atoms with Crippen molar-refractivity contribution in [3.63, 3.8) is 0 Å². The van der Waals surface area contributed by atoms with Gasteiger partial charge >= 0.3 is 0 Å². The van der Waals surface area contributed by atoms with Crippen molar-refractivity contribution in [2.45, 2.75) is 0 Å². The lowest BCUT2D eigenvalue weighted by atomic mass is 10.3. The molecule has 0 saturated carbocycles. The van der Waals surface area contributed by atoms with E-state index < -0.39 is 0 Å². The zero-order valence-electron chi connectivity index (χ0n) is 11.8. The molecule has 108 valence electrons.